The fourth-order valence-corrected chi connectivity index (χ4v) is 2.20. The molecule has 1 unspecified atom stereocenters. The number of nitrogens with zero attached hydrogens (tertiary/aromatic N) is 3. The molecular weight excluding hydrogens is 188 g/mol. The molecule has 1 saturated heterocycles. The zero-order valence-electron chi connectivity index (χ0n) is 9.45. The molecule has 15 heavy (non-hydrogen) atoms. The number of hydrogen-bond acceptors (Lipinski definition) is 3. The highest BCUT2D eigenvalue weighted by molar-refractivity contribution is 5.02. The van der Waals surface area contributed by atoms with Gasteiger partial charge in [-0.1, -0.05) is 25.0 Å². The Morgan fingerprint density at radius 2 is 2.40 bits per heavy atom. The molecule has 0 aliphatic carbocycles. The molecule has 1 fully saturated rings. The van der Waals surface area contributed by atoms with Gasteiger partial charge in [0.25, 0.3) is 0 Å². The van der Waals surface area contributed by atoms with Crippen LogP contribution in [-0.2, 0) is 6.54 Å². The number of aryl methyl sites for hydroxylation is 1. The molecule has 0 saturated carbocycles. The van der Waals surface area contributed by atoms with Crippen molar-refractivity contribution >= 4 is 0 Å². The Morgan fingerprint density at radius 3 is 3.27 bits per heavy atom. The lowest BCUT2D eigenvalue weighted by Crippen LogP contribution is -2.23. The van der Waals surface area contributed by atoms with Crippen LogP contribution in [0.5, 0.6) is 0 Å². The van der Waals surface area contributed by atoms with Gasteiger partial charge in [-0.15, -0.1) is 5.10 Å². The van der Waals surface area contributed by atoms with E-state index >= 15 is 0 Å². The average molecular weight is 208 g/mol. The first-order valence-electron chi connectivity index (χ1n) is 6.03. The summed E-state index contributed by atoms with van der Waals surface area (Å²) < 4.78 is 2.04. The van der Waals surface area contributed by atoms with Crippen molar-refractivity contribution in [2.75, 3.05) is 6.54 Å². The molecule has 2 heterocycles. The van der Waals surface area contributed by atoms with E-state index in [1.165, 1.54) is 31.4 Å². The van der Waals surface area contributed by atoms with Gasteiger partial charge >= 0.3 is 0 Å². The molecule has 84 valence electrons. The molecule has 0 spiro atoms. The van der Waals surface area contributed by atoms with E-state index in [2.05, 4.69) is 22.6 Å². The van der Waals surface area contributed by atoms with Crippen LogP contribution in [0.1, 0.15) is 50.8 Å². The third kappa shape index (κ3) is 2.56. The summed E-state index contributed by atoms with van der Waals surface area (Å²) in [4.78, 5) is 0. The molecule has 1 aliphatic rings. The van der Waals surface area contributed by atoms with Gasteiger partial charge in [0.2, 0.25) is 0 Å². The van der Waals surface area contributed by atoms with Crippen molar-refractivity contribution in [1.82, 2.24) is 20.3 Å². The lowest BCUT2D eigenvalue weighted by Gasteiger charge is -2.16. The Kier molecular flexibility index (Phi) is 3.72. The topological polar surface area (TPSA) is 42.7 Å². The quantitative estimate of drug-likeness (QED) is 0.825. The van der Waals surface area contributed by atoms with E-state index < -0.39 is 0 Å². The first-order chi connectivity index (χ1) is 7.42. The van der Waals surface area contributed by atoms with Crippen molar-refractivity contribution in [2.45, 2.75) is 51.6 Å². The highest BCUT2D eigenvalue weighted by Crippen LogP contribution is 2.21. The maximum absolute atomic E-state index is 4.14. The largest absolute Gasteiger partial charge is 0.309 e. The summed E-state index contributed by atoms with van der Waals surface area (Å²) in [6, 6.07) is 0.467. The molecule has 1 N–H and O–H groups in total. The van der Waals surface area contributed by atoms with Gasteiger partial charge in [0.1, 0.15) is 0 Å². The molecule has 0 aromatic carbocycles. The molecule has 4 nitrogen and oxygen atoms in total. The Bertz CT molecular complexity index is 287. The number of hydrogen-bond donors (Lipinski definition) is 1. The van der Waals surface area contributed by atoms with E-state index in [1.807, 2.05) is 10.9 Å². The molecular formula is C11H20N4. The minimum absolute atomic E-state index is 0.467. The van der Waals surface area contributed by atoms with Gasteiger partial charge in [0.15, 0.2) is 0 Å². The molecule has 1 aromatic rings. The van der Waals surface area contributed by atoms with Gasteiger partial charge in [0.05, 0.1) is 17.9 Å². The molecule has 2 rings (SSSR count). The third-order valence-electron chi connectivity index (χ3n) is 3.00. The van der Waals surface area contributed by atoms with E-state index in [4.69, 9.17) is 0 Å². The molecule has 1 atom stereocenters. The van der Waals surface area contributed by atoms with Gasteiger partial charge < -0.3 is 5.32 Å². The van der Waals surface area contributed by atoms with Crippen LogP contribution in [0.4, 0.5) is 0 Å². The van der Waals surface area contributed by atoms with Gasteiger partial charge in [-0.25, -0.2) is 4.68 Å². The van der Waals surface area contributed by atoms with Gasteiger partial charge in [0, 0.05) is 6.54 Å². The average Bonchev–Trinajstić information content (AvgIpc) is 2.53. The number of rotatable bonds is 3. The van der Waals surface area contributed by atoms with Crippen molar-refractivity contribution in [1.29, 1.82) is 0 Å². The van der Waals surface area contributed by atoms with E-state index in [0.29, 0.717) is 6.04 Å². The van der Waals surface area contributed by atoms with Crippen LogP contribution in [0.2, 0.25) is 0 Å². The third-order valence-corrected chi connectivity index (χ3v) is 3.00. The molecule has 0 radical (unpaired) electrons. The minimum Gasteiger partial charge on any atom is -0.309 e. The first-order valence-corrected chi connectivity index (χ1v) is 6.03. The normalized spacial score (nSPS) is 22.6. The monoisotopic (exact) mass is 208 g/mol. The Hall–Kier alpha value is -0.900. The van der Waals surface area contributed by atoms with Crippen molar-refractivity contribution in [3.8, 4) is 0 Å². The fraction of sp³-hybridized carbons (Fsp3) is 0.818. The molecule has 0 amide bonds. The van der Waals surface area contributed by atoms with Crippen LogP contribution in [0.3, 0.4) is 0 Å². The van der Waals surface area contributed by atoms with Crippen molar-refractivity contribution in [2.24, 2.45) is 0 Å². The molecule has 1 aliphatic heterocycles. The van der Waals surface area contributed by atoms with E-state index in [1.54, 1.807) is 0 Å². The fourth-order valence-electron chi connectivity index (χ4n) is 2.20. The van der Waals surface area contributed by atoms with Crippen LogP contribution >= 0.6 is 0 Å². The van der Waals surface area contributed by atoms with Gasteiger partial charge in [-0.05, 0) is 25.8 Å². The maximum atomic E-state index is 4.14. The Balaban J connectivity index is 2.08. The van der Waals surface area contributed by atoms with Crippen LogP contribution in [-0.4, -0.2) is 21.5 Å². The smallest absolute Gasteiger partial charge is 0.0756 e. The molecule has 0 bridgehead atoms. The summed E-state index contributed by atoms with van der Waals surface area (Å²) in [6.45, 7) is 4.28. The second-order valence-electron chi connectivity index (χ2n) is 4.24. The van der Waals surface area contributed by atoms with E-state index in [9.17, 15) is 0 Å². The van der Waals surface area contributed by atoms with Crippen molar-refractivity contribution < 1.29 is 0 Å². The van der Waals surface area contributed by atoms with Crippen LogP contribution in [0.25, 0.3) is 0 Å². The summed E-state index contributed by atoms with van der Waals surface area (Å²) in [5.74, 6) is 0. The predicted octanol–water partition coefficient (Wildman–Crippen LogP) is 1.89. The number of nitrogens with one attached hydrogen (secondary N) is 1. The lowest BCUT2D eigenvalue weighted by atomic mass is 10.1. The zero-order valence-corrected chi connectivity index (χ0v) is 9.45. The second kappa shape index (κ2) is 5.26. The minimum atomic E-state index is 0.467. The van der Waals surface area contributed by atoms with Crippen LogP contribution in [0, 0.1) is 0 Å². The van der Waals surface area contributed by atoms with Crippen molar-refractivity contribution in [3.63, 3.8) is 0 Å². The SMILES string of the molecule is CCCn1nncc1C1CCCCCN1. The summed E-state index contributed by atoms with van der Waals surface area (Å²) in [6.07, 6.45) is 8.21. The van der Waals surface area contributed by atoms with E-state index in [0.717, 1.165) is 19.5 Å². The lowest BCUT2D eigenvalue weighted by molar-refractivity contribution is 0.465. The standard InChI is InChI=1S/C11H20N4/c1-2-8-15-11(9-13-14-15)10-6-4-3-5-7-12-10/h9-10,12H,2-8H2,1H3. The molecule has 1 aromatic heterocycles. The highest BCUT2D eigenvalue weighted by Gasteiger charge is 2.17. The van der Waals surface area contributed by atoms with Crippen molar-refractivity contribution in [3.05, 3.63) is 11.9 Å². The zero-order chi connectivity index (χ0) is 10.5. The summed E-state index contributed by atoms with van der Waals surface area (Å²) in [5, 5.41) is 11.7. The highest BCUT2D eigenvalue weighted by atomic mass is 15.4. The summed E-state index contributed by atoms with van der Waals surface area (Å²) >= 11 is 0. The summed E-state index contributed by atoms with van der Waals surface area (Å²) in [7, 11) is 0. The van der Waals surface area contributed by atoms with Gasteiger partial charge in [-0.2, -0.15) is 0 Å². The van der Waals surface area contributed by atoms with Gasteiger partial charge in [-0.3, -0.25) is 0 Å². The van der Waals surface area contributed by atoms with Crippen LogP contribution < -0.4 is 5.32 Å². The maximum Gasteiger partial charge on any atom is 0.0756 e. The predicted molar refractivity (Wildman–Crippen MR) is 59.5 cm³/mol. The second-order valence-corrected chi connectivity index (χ2v) is 4.24. The number of aromatic nitrogens is 3. The first kappa shape index (κ1) is 10.6. The Labute approximate surface area is 91.1 Å². The van der Waals surface area contributed by atoms with Crippen LogP contribution in [0.15, 0.2) is 6.20 Å². The Morgan fingerprint density at radius 1 is 1.47 bits per heavy atom. The summed E-state index contributed by atoms with van der Waals surface area (Å²) in [5.41, 5.74) is 1.26. The molecule has 4 heteroatoms. The van der Waals surface area contributed by atoms with E-state index in [-0.39, 0.29) is 0 Å².